The van der Waals surface area contributed by atoms with Crippen LogP contribution in [0.5, 0.6) is 0 Å². The summed E-state index contributed by atoms with van der Waals surface area (Å²) >= 11 is 5.92. The number of imidazole rings is 1. The zero-order valence-electron chi connectivity index (χ0n) is 15.9. The molecule has 3 aromatic rings. The number of amides is 1. The number of nitrogens with one attached hydrogen (secondary N) is 1. The molecule has 0 spiro atoms. The van der Waals surface area contributed by atoms with Crippen molar-refractivity contribution in [2.24, 2.45) is 0 Å². The van der Waals surface area contributed by atoms with Gasteiger partial charge < -0.3 is 14.6 Å². The van der Waals surface area contributed by atoms with Crippen LogP contribution < -0.4 is 10.2 Å². The lowest BCUT2D eigenvalue weighted by molar-refractivity contribution is -0.137. The molecule has 29 heavy (non-hydrogen) atoms. The van der Waals surface area contributed by atoms with Gasteiger partial charge in [-0.25, -0.2) is 4.98 Å². The highest BCUT2D eigenvalue weighted by molar-refractivity contribution is 6.33. The molecular formula is C20H20ClF3N4O. The van der Waals surface area contributed by atoms with Crippen LogP contribution in [0.4, 0.5) is 24.5 Å². The topological polar surface area (TPSA) is 49.6 Å². The molecular weight excluding hydrogens is 405 g/mol. The summed E-state index contributed by atoms with van der Waals surface area (Å²) in [5.74, 6) is -0.323. The molecule has 2 aromatic heterocycles. The maximum atomic E-state index is 12.9. The summed E-state index contributed by atoms with van der Waals surface area (Å²) in [7, 11) is 0. The number of pyridine rings is 1. The summed E-state index contributed by atoms with van der Waals surface area (Å²) < 4.78 is 39.9. The number of carbonyl (C=O) groups excluding carboxylic acids is 1. The first kappa shape index (κ1) is 21.0. The first-order valence-corrected chi connectivity index (χ1v) is 9.48. The fraction of sp³-hybridized carbons (Fsp3) is 0.300. The van der Waals surface area contributed by atoms with Gasteiger partial charge in [-0.1, -0.05) is 11.6 Å². The van der Waals surface area contributed by atoms with Crippen molar-refractivity contribution >= 4 is 34.5 Å². The first-order valence-electron chi connectivity index (χ1n) is 9.10. The first-order chi connectivity index (χ1) is 13.7. The van der Waals surface area contributed by atoms with Crippen molar-refractivity contribution in [1.82, 2.24) is 9.38 Å². The minimum absolute atomic E-state index is 0.0862. The minimum Gasteiger partial charge on any atom is -0.372 e. The molecule has 9 heteroatoms. The van der Waals surface area contributed by atoms with Crippen molar-refractivity contribution in [2.45, 2.75) is 26.4 Å². The molecule has 3 rings (SSSR count). The monoisotopic (exact) mass is 424 g/mol. The standard InChI is InChI=1S/C20H20ClF3N4O/c1-3-27(4-2)16-7-5-14(6-8-16)25-18(29)10-15-12-28-11-13(20(22,23)24)9-17(21)19(28)26-15/h5-9,11-12H,3-4,10H2,1-2H3,(H,25,29). The number of alkyl halides is 3. The number of rotatable bonds is 6. The quantitative estimate of drug-likeness (QED) is 0.603. The van der Waals surface area contributed by atoms with Crippen LogP contribution in [-0.4, -0.2) is 28.4 Å². The van der Waals surface area contributed by atoms with Crippen LogP contribution in [0, 0.1) is 0 Å². The molecule has 1 amide bonds. The summed E-state index contributed by atoms with van der Waals surface area (Å²) in [4.78, 5) is 18.7. The second kappa shape index (κ2) is 8.32. The second-order valence-electron chi connectivity index (χ2n) is 6.48. The second-order valence-corrected chi connectivity index (χ2v) is 6.89. The van der Waals surface area contributed by atoms with Crippen molar-refractivity contribution in [2.75, 3.05) is 23.3 Å². The van der Waals surface area contributed by atoms with E-state index in [1.54, 1.807) is 0 Å². The molecule has 5 nitrogen and oxygen atoms in total. The third kappa shape index (κ3) is 4.82. The van der Waals surface area contributed by atoms with E-state index in [0.717, 1.165) is 31.0 Å². The third-order valence-corrected chi connectivity index (χ3v) is 4.78. The Kier molecular flexibility index (Phi) is 6.02. The summed E-state index contributed by atoms with van der Waals surface area (Å²) in [6, 6.07) is 8.28. The van der Waals surface area contributed by atoms with Gasteiger partial charge in [-0.05, 0) is 44.2 Å². The average Bonchev–Trinajstić information content (AvgIpc) is 3.06. The van der Waals surface area contributed by atoms with Gasteiger partial charge in [0, 0.05) is 36.9 Å². The van der Waals surface area contributed by atoms with E-state index in [1.165, 1.54) is 10.6 Å². The zero-order valence-corrected chi connectivity index (χ0v) is 16.7. The molecule has 154 valence electrons. The van der Waals surface area contributed by atoms with Gasteiger partial charge >= 0.3 is 6.18 Å². The lowest BCUT2D eigenvalue weighted by Crippen LogP contribution is -2.21. The summed E-state index contributed by atoms with van der Waals surface area (Å²) in [5.41, 5.74) is 1.31. The lowest BCUT2D eigenvalue weighted by Gasteiger charge is -2.21. The Morgan fingerprint density at radius 1 is 1.17 bits per heavy atom. The van der Waals surface area contributed by atoms with Crippen molar-refractivity contribution in [3.63, 3.8) is 0 Å². The zero-order chi connectivity index (χ0) is 21.2. The van der Waals surface area contributed by atoms with Crippen LogP contribution in [0.3, 0.4) is 0 Å². The minimum atomic E-state index is -4.52. The molecule has 0 aliphatic rings. The molecule has 0 radical (unpaired) electrons. The van der Waals surface area contributed by atoms with E-state index in [2.05, 4.69) is 29.0 Å². The number of benzene rings is 1. The number of hydrogen-bond acceptors (Lipinski definition) is 3. The number of anilines is 2. The highest BCUT2D eigenvalue weighted by atomic mass is 35.5. The summed E-state index contributed by atoms with van der Waals surface area (Å²) in [6.07, 6.45) is -2.32. The lowest BCUT2D eigenvalue weighted by atomic mass is 10.2. The van der Waals surface area contributed by atoms with E-state index >= 15 is 0 Å². The largest absolute Gasteiger partial charge is 0.417 e. The molecule has 0 bridgehead atoms. The predicted molar refractivity (Wildman–Crippen MR) is 108 cm³/mol. The highest BCUT2D eigenvalue weighted by Crippen LogP contribution is 2.32. The van der Waals surface area contributed by atoms with Gasteiger partial charge in [0.1, 0.15) is 0 Å². The van der Waals surface area contributed by atoms with Crippen molar-refractivity contribution in [3.05, 3.63) is 59.0 Å². The van der Waals surface area contributed by atoms with E-state index < -0.39 is 11.7 Å². The number of fused-ring (bicyclic) bond motifs is 1. The van der Waals surface area contributed by atoms with E-state index in [9.17, 15) is 18.0 Å². The third-order valence-electron chi connectivity index (χ3n) is 4.50. The predicted octanol–water partition coefficient (Wildman–Crippen LogP) is 5.03. The van der Waals surface area contributed by atoms with Gasteiger partial charge in [0.25, 0.3) is 0 Å². The molecule has 1 N–H and O–H groups in total. The van der Waals surface area contributed by atoms with Gasteiger partial charge in [0.15, 0.2) is 5.65 Å². The molecule has 0 saturated heterocycles. The summed E-state index contributed by atoms with van der Waals surface area (Å²) in [5, 5.41) is 2.64. The van der Waals surface area contributed by atoms with Gasteiger partial charge in [-0.15, -0.1) is 0 Å². The van der Waals surface area contributed by atoms with Crippen LogP contribution in [0.25, 0.3) is 5.65 Å². The molecule has 0 saturated carbocycles. The smallest absolute Gasteiger partial charge is 0.372 e. The Balaban J connectivity index is 1.72. The van der Waals surface area contributed by atoms with E-state index in [1.807, 2.05) is 24.3 Å². The van der Waals surface area contributed by atoms with Crippen molar-refractivity contribution in [1.29, 1.82) is 0 Å². The Morgan fingerprint density at radius 3 is 2.41 bits per heavy atom. The van der Waals surface area contributed by atoms with Crippen LogP contribution in [0.1, 0.15) is 25.1 Å². The van der Waals surface area contributed by atoms with E-state index in [-0.39, 0.29) is 23.0 Å². The number of hydrogen-bond donors (Lipinski definition) is 1. The number of nitrogens with zero attached hydrogens (tertiary/aromatic N) is 3. The maximum absolute atomic E-state index is 12.9. The molecule has 0 fully saturated rings. The Morgan fingerprint density at radius 2 is 1.83 bits per heavy atom. The molecule has 2 heterocycles. The van der Waals surface area contributed by atoms with E-state index in [4.69, 9.17) is 11.6 Å². The number of aromatic nitrogens is 2. The Labute approximate surface area is 171 Å². The van der Waals surface area contributed by atoms with Crippen LogP contribution >= 0.6 is 11.6 Å². The Hall–Kier alpha value is -2.74. The fourth-order valence-electron chi connectivity index (χ4n) is 3.06. The van der Waals surface area contributed by atoms with Gasteiger partial charge in [-0.2, -0.15) is 13.2 Å². The van der Waals surface area contributed by atoms with Crippen LogP contribution in [0.15, 0.2) is 42.7 Å². The van der Waals surface area contributed by atoms with Gasteiger partial charge in [-0.3, -0.25) is 4.79 Å². The maximum Gasteiger partial charge on any atom is 0.417 e. The molecule has 0 aliphatic carbocycles. The van der Waals surface area contributed by atoms with Crippen molar-refractivity contribution < 1.29 is 18.0 Å². The average molecular weight is 425 g/mol. The van der Waals surface area contributed by atoms with Crippen LogP contribution in [0.2, 0.25) is 5.02 Å². The van der Waals surface area contributed by atoms with Gasteiger partial charge in [0.2, 0.25) is 5.91 Å². The van der Waals surface area contributed by atoms with Crippen LogP contribution in [-0.2, 0) is 17.4 Å². The van der Waals surface area contributed by atoms with E-state index in [0.29, 0.717) is 11.4 Å². The van der Waals surface area contributed by atoms with Gasteiger partial charge in [0.05, 0.1) is 22.7 Å². The summed E-state index contributed by atoms with van der Waals surface area (Å²) in [6.45, 7) is 5.90. The highest BCUT2D eigenvalue weighted by Gasteiger charge is 2.32. The molecule has 0 unspecified atom stereocenters. The number of halogens is 4. The SMILES string of the molecule is CCN(CC)c1ccc(NC(=O)Cc2cn3cc(C(F)(F)F)cc(Cl)c3n2)cc1. The van der Waals surface area contributed by atoms with Crippen molar-refractivity contribution in [3.8, 4) is 0 Å². The normalized spacial score (nSPS) is 11.7. The molecule has 1 aromatic carbocycles. The Bertz CT molecular complexity index is 1010. The number of carbonyl (C=O) groups is 1. The molecule has 0 atom stereocenters. The molecule has 0 aliphatic heterocycles. The fourth-order valence-corrected chi connectivity index (χ4v) is 3.32.